The number of carbonyl (C=O) groups excluding carboxylic acids is 1. The summed E-state index contributed by atoms with van der Waals surface area (Å²) < 4.78 is 14.0. The predicted octanol–water partition coefficient (Wildman–Crippen LogP) is 4.99. The van der Waals surface area contributed by atoms with Gasteiger partial charge in [-0.3, -0.25) is 4.79 Å². The van der Waals surface area contributed by atoms with Crippen molar-refractivity contribution in [2.24, 2.45) is 11.8 Å². The van der Waals surface area contributed by atoms with Crippen LogP contribution in [0.3, 0.4) is 0 Å². The minimum absolute atomic E-state index is 0.0730. The van der Waals surface area contributed by atoms with E-state index in [0.717, 1.165) is 19.4 Å². The highest BCUT2D eigenvalue weighted by Gasteiger charge is 2.40. The molecule has 1 aliphatic carbocycles. The number of halogens is 1. The minimum atomic E-state index is -0.296. The van der Waals surface area contributed by atoms with Crippen LogP contribution in [-0.2, 0) is 0 Å². The summed E-state index contributed by atoms with van der Waals surface area (Å²) >= 11 is 1.30. The molecule has 5 heteroatoms. The van der Waals surface area contributed by atoms with E-state index in [0.29, 0.717) is 33.3 Å². The largest absolute Gasteiger partial charge is 0.335 e. The number of rotatable bonds is 2. The summed E-state index contributed by atoms with van der Waals surface area (Å²) in [6.45, 7) is 3.15. The van der Waals surface area contributed by atoms with Gasteiger partial charge in [-0.1, -0.05) is 31.9 Å². The maximum Gasteiger partial charge on any atom is 0.265 e. The summed E-state index contributed by atoms with van der Waals surface area (Å²) in [5, 5.41) is 0.576. The number of carbonyl (C=O) groups is 1. The average molecular weight is 358 g/mol. The second-order valence-electron chi connectivity index (χ2n) is 7.29. The van der Waals surface area contributed by atoms with Gasteiger partial charge in [-0.2, -0.15) is 0 Å². The van der Waals surface area contributed by atoms with E-state index in [-0.39, 0.29) is 11.7 Å². The van der Waals surface area contributed by atoms with E-state index in [1.165, 1.54) is 36.7 Å². The molecule has 2 aromatic rings. The van der Waals surface area contributed by atoms with Crippen LogP contribution >= 0.6 is 11.3 Å². The van der Waals surface area contributed by atoms with Gasteiger partial charge in [0.05, 0.1) is 6.20 Å². The fourth-order valence-corrected chi connectivity index (χ4v) is 5.34. The van der Waals surface area contributed by atoms with Gasteiger partial charge >= 0.3 is 0 Å². The molecule has 1 aliphatic heterocycles. The van der Waals surface area contributed by atoms with Crippen molar-refractivity contribution in [3.63, 3.8) is 0 Å². The zero-order chi connectivity index (χ0) is 17.4. The summed E-state index contributed by atoms with van der Waals surface area (Å²) in [5.74, 6) is 1.11. The number of fused-ring (bicyclic) bond motifs is 1. The Labute approximate surface area is 151 Å². The van der Waals surface area contributed by atoms with E-state index in [1.54, 1.807) is 24.4 Å². The van der Waals surface area contributed by atoms with E-state index >= 15 is 0 Å². The standard InChI is InChI=1S/C20H23FN2OS/c1-13-10-11-23(17-9-5-3-6-14(13)17)20(24)18-12-22-19(25-18)15-7-2-4-8-16(15)21/h2,4,7-8,12-14,17H,3,5-6,9-11H2,1H3. The quantitative estimate of drug-likeness (QED) is 0.758. The molecule has 3 nitrogen and oxygen atoms in total. The molecule has 2 heterocycles. The molecular formula is C20H23FN2OS. The van der Waals surface area contributed by atoms with E-state index in [4.69, 9.17) is 0 Å². The molecule has 0 bridgehead atoms. The fourth-order valence-electron chi connectivity index (χ4n) is 4.44. The summed E-state index contributed by atoms with van der Waals surface area (Å²) in [6, 6.07) is 6.96. The second-order valence-corrected chi connectivity index (χ2v) is 8.32. The SMILES string of the molecule is CC1CCN(C(=O)c2cnc(-c3ccccc3F)s2)C2CCCCC12. The number of hydrogen-bond acceptors (Lipinski definition) is 3. The molecule has 1 saturated carbocycles. The number of thiazole rings is 1. The highest BCUT2D eigenvalue weighted by atomic mass is 32.1. The van der Waals surface area contributed by atoms with Crippen molar-refractivity contribution in [2.45, 2.75) is 45.1 Å². The molecule has 1 aromatic carbocycles. The molecule has 2 aliphatic rings. The molecule has 1 saturated heterocycles. The molecule has 3 unspecified atom stereocenters. The molecule has 2 fully saturated rings. The first kappa shape index (κ1) is 16.7. The van der Waals surface area contributed by atoms with Crippen molar-refractivity contribution in [2.75, 3.05) is 6.54 Å². The lowest BCUT2D eigenvalue weighted by molar-refractivity contribution is 0.0221. The lowest BCUT2D eigenvalue weighted by atomic mass is 9.72. The van der Waals surface area contributed by atoms with Crippen LogP contribution in [0.15, 0.2) is 30.5 Å². The van der Waals surface area contributed by atoms with Gasteiger partial charge in [-0.05, 0) is 43.2 Å². The topological polar surface area (TPSA) is 33.2 Å². The lowest BCUT2D eigenvalue weighted by Crippen LogP contribution is -2.52. The summed E-state index contributed by atoms with van der Waals surface area (Å²) in [7, 11) is 0. The predicted molar refractivity (Wildman–Crippen MR) is 98.1 cm³/mol. The number of amides is 1. The van der Waals surface area contributed by atoms with Crippen LogP contribution in [-0.4, -0.2) is 28.4 Å². The van der Waals surface area contributed by atoms with E-state index < -0.39 is 0 Å². The van der Waals surface area contributed by atoms with Gasteiger partial charge in [0.2, 0.25) is 0 Å². The first-order valence-electron chi connectivity index (χ1n) is 9.17. The summed E-state index contributed by atoms with van der Waals surface area (Å²) in [5.41, 5.74) is 0.467. The Morgan fingerprint density at radius 2 is 2.04 bits per heavy atom. The Kier molecular flexibility index (Phi) is 4.59. The van der Waals surface area contributed by atoms with Crippen molar-refractivity contribution in [1.29, 1.82) is 0 Å². The third-order valence-corrected chi connectivity index (χ3v) is 6.84. The van der Waals surface area contributed by atoms with Crippen molar-refractivity contribution in [1.82, 2.24) is 9.88 Å². The van der Waals surface area contributed by atoms with Crippen LogP contribution < -0.4 is 0 Å². The lowest BCUT2D eigenvalue weighted by Gasteiger charge is -2.47. The van der Waals surface area contributed by atoms with Gasteiger partial charge in [0.1, 0.15) is 15.7 Å². The van der Waals surface area contributed by atoms with Crippen LogP contribution in [0.4, 0.5) is 4.39 Å². The fraction of sp³-hybridized carbons (Fsp3) is 0.500. The van der Waals surface area contributed by atoms with E-state index in [2.05, 4.69) is 16.8 Å². The number of benzene rings is 1. The van der Waals surface area contributed by atoms with E-state index in [9.17, 15) is 9.18 Å². The maximum atomic E-state index is 14.0. The van der Waals surface area contributed by atoms with Crippen molar-refractivity contribution in [3.8, 4) is 10.6 Å². The van der Waals surface area contributed by atoms with Crippen LogP contribution in [0, 0.1) is 17.7 Å². The minimum Gasteiger partial charge on any atom is -0.335 e. The summed E-state index contributed by atoms with van der Waals surface area (Å²) in [4.78, 5) is 20.1. The van der Waals surface area contributed by atoms with Crippen molar-refractivity contribution < 1.29 is 9.18 Å². The molecule has 1 amide bonds. The molecule has 0 spiro atoms. The zero-order valence-electron chi connectivity index (χ0n) is 14.5. The monoisotopic (exact) mass is 358 g/mol. The van der Waals surface area contributed by atoms with Gasteiger partial charge in [0, 0.05) is 18.2 Å². The molecule has 0 radical (unpaired) electrons. The normalized spacial score (nSPS) is 26.3. The second kappa shape index (κ2) is 6.87. The number of aromatic nitrogens is 1. The molecule has 25 heavy (non-hydrogen) atoms. The Bertz CT molecular complexity index is 775. The van der Waals surface area contributed by atoms with Gasteiger partial charge in [-0.15, -0.1) is 11.3 Å². The smallest absolute Gasteiger partial charge is 0.265 e. The average Bonchev–Trinajstić information content (AvgIpc) is 3.12. The highest BCUT2D eigenvalue weighted by Crippen LogP contribution is 2.40. The number of nitrogens with zero attached hydrogens (tertiary/aromatic N) is 2. The maximum absolute atomic E-state index is 14.0. The van der Waals surface area contributed by atoms with E-state index in [1.807, 2.05) is 0 Å². The zero-order valence-corrected chi connectivity index (χ0v) is 15.3. The third kappa shape index (κ3) is 3.10. The Morgan fingerprint density at radius 3 is 2.88 bits per heavy atom. The van der Waals surface area contributed by atoms with Gasteiger partial charge in [0.15, 0.2) is 0 Å². The van der Waals surface area contributed by atoms with Gasteiger partial charge in [0.25, 0.3) is 5.91 Å². The van der Waals surface area contributed by atoms with Crippen LogP contribution in [0.2, 0.25) is 0 Å². The molecule has 0 N–H and O–H groups in total. The van der Waals surface area contributed by atoms with Gasteiger partial charge in [-0.25, -0.2) is 9.37 Å². The summed E-state index contributed by atoms with van der Waals surface area (Å²) in [6.07, 6.45) is 7.53. The number of likely N-dealkylation sites (tertiary alicyclic amines) is 1. The molecule has 1 aromatic heterocycles. The van der Waals surface area contributed by atoms with Gasteiger partial charge < -0.3 is 4.90 Å². The Morgan fingerprint density at radius 1 is 1.24 bits per heavy atom. The molecule has 4 rings (SSSR count). The Balaban J connectivity index is 1.58. The number of hydrogen-bond donors (Lipinski definition) is 0. The molecule has 132 valence electrons. The first-order valence-corrected chi connectivity index (χ1v) is 9.98. The Hall–Kier alpha value is -1.75. The van der Waals surface area contributed by atoms with Crippen LogP contribution in [0.5, 0.6) is 0 Å². The van der Waals surface area contributed by atoms with Crippen molar-refractivity contribution in [3.05, 3.63) is 41.2 Å². The first-order chi connectivity index (χ1) is 12.1. The molecular weight excluding hydrogens is 335 g/mol. The number of piperidine rings is 1. The van der Waals surface area contributed by atoms with Crippen LogP contribution in [0.25, 0.3) is 10.6 Å². The van der Waals surface area contributed by atoms with Crippen LogP contribution in [0.1, 0.15) is 48.7 Å². The third-order valence-electron chi connectivity index (χ3n) is 5.82. The molecule has 3 atom stereocenters. The van der Waals surface area contributed by atoms with Crippen molar-refractivity contribution >= 4 is 17.2 Å². The highest BCUT2D eigenvalue weighted by molar-refractivity contribution is 7.16.